The molecule has 0 heterocycles. The van der Waals surface area contributed by atoms with Crippen molar-refractivity contribution in [2.45, 2.75) is 39.7 Å². The van der Waals surface area contributed by atoms with Crippen LogP contribution in [0.2, 0.25) is 0 Å². The van der Waals surface area contributed by atoms with Crippen molar-refractivity contribution < 1.29 is 9.90 Å². The summed E-state index contributed by atoms with van der Waals surface area (Å²) >= 11 is 0. The van der Waals surface area contributed by atoms with Crippen molar-refractivity contribution >= 4 is 5.97 Å². The summed E-state index contributed by atoms with van der Waals surface area (Å²) in [5, 5.41) is 8.95. The standard InChI is InChI=1S/C10H21NO2/c1-6-8(11(4)5)7-10(2,3)9(12)13/h8H,6-7H2,1-5H3,(H,12,13). The molecule has 0 fully saturated rings. The maximum atomic E-state index is 10.9. The maximum Gasteiger partial charge on any atom is 0.309 e. The number of hydrogen-bond donors (Lipinski definition) is 1. The third-order valence-corrected chi connectivity index (χ3v) is 2.53. The summed E-state index contributed by atoms with van der Waals surface area (Å²) in [6, 6.07) is 0.353. The first-order valence-electron chi connectivity index (χ1n) is 4.71. The van der Waals surface area contributed by atoms with Gasteiger partial charge >= 0.3 is 5.97 Å². The molecule has 0 rings (SSSR count). The highest BCUT2D eigenvalue weighted by Crippen LogP contribution is 2.25. The highest BCUT2D eigenvalue weighted by molar-refractivity contribution is 5.73. The van der Waals surface area contributed by atoms with Gasteiger partial charge in [0, 0.05) is 6.04 Å². The number of rotatable bonds is 5. The summed E-state index contributed by atoms with van der Waals surface area (Å²) in [6.07, 6.45) is 1.69. The van der Waals surface area contributed by atoms with E-state index < -0.39 is 11.4 Å². The molecule has 1 N–H and O–H groups in total. The molecule has 0 bridgehead atoms. The van der Waals surface area contributed by atoms with Crippen LogP contribution in [0.5, 0.6) is 0 Å². The van der Waals surface area contributed by atoms with Crippen molar-refractivity contribution in [3.63, 3.8) is 0 Å². The summed E-state index contributed by atoms with van der Waals surface area (Å²) in [7, 11) is 3.98. The zero-order chi connectivity index (χ0) is 10.6. The van der Waals surface area contributed by atoms with E-state index in [9.17, 15) is 4.79 Å². The molecule has 0 amide bonds. The summed E-state index contributed by atoms with van der Waals surface area (Å²) in [4.78, 5) is 13.0. The Labute approximate surface area is 80.7 Å². The molecule has 0 saturated carbocycles. The molecule has 0 saturated heterocycles. The van der Waals surface area contributed by atoms with E-state index in [1.807, 2.05) is 14.1 Å². The predicted molar refractivity (Wildman–Crippen MR) is 53.8 cm³/mol. The van der Waals surface area contributed by atoms with E-state index in [4.69, 9.17) is 5.11 Å². The largest absolute Gasteiger partial charge is 0.481 e. The normalized spacial score (nSPS) is 14.6. The van der Waals surface area contributed by atoms with Gasteiger partial charge in [-0.15, -0.1) is 0 Å². The Bertz CT molecular complexity index is 176. The molecule has 0 aliphatic carbocycles. The van der Waals surface area contributed by atoms with Gasteiger partial charge in [-0.3, -0.25) is 4.79 Å². The van der Waals surface area contributed by atoms with Crippen molar-refractivity contribution in [3.8, 4) is 0 Å². The van der Waals surface area contributed by atoms with Crippen LogP contribution in [0.25, 0.3) is 0 Å². The molecule has 0 aromatic carbocycles. The molecule has 3 heteroatoms. The quantitative estimate of drug-likeness (QED) is 0.713. The first-order valence-corrected chi connectivity index (χ1v) is 4.71. The second-order valence-corrected chi connectivity index (χ2v) is 4.42. The molecular formula is C10H21NO2. The second-order valence-electron chi connectivity index (χ2n) is 4.42. The Kier molecular flexibility index (Phi) is 4.40. The zero-order valence-electron chi connectivity index (χ0n) is 9.29. The van der Waals surface area contributed by atoms with Gasteiger partial charge in [0.05, 0.1) is 5.41 Å². The molecule has 0 spiro atoms. The molecular weight excluding hydrogens is 166 g/mol. The van der Waals surface area contributed by atoms with Crippen LogP contribution in [0.15, 0.2) is 0 Å². The fourth-order valence-electron chi connectivity index (χ4n) is 1.37. The topological polar surface area (TPSA) is 40.5 Å². The van der Waals surface area contributed by atoms with Crippen LogP contribution < -0.4 is 0 Å². The van der Waals surface area contributed by atoms with Crippen molar-refractivity contribution in [3.05, 3.63) is 0 Å². The van der Waals surface area contributed by atoms with Crippen molar-refractivity contribution in [1.82, 2.24) is 4.90 Å². The summed E-state index contributed by atoms with van der Waals surface area (Å²) in [5.74, 6) is -0.715. The molecule has 3 nitrogen and oxygen atoms in total. The summed E-state index contributed by atoms with van der Waals surface area (Å²) in [6.45, 7) is 5.64. The van der Waals surface area contributed by atoms with Crippen LogP contribution in [-0.4, -0.2) is 36.1 Å². The molecule has 0 aromatic heterocycles. The Morgan fingerprint density at radius 2 is 1.92 bits per heavy atom. The molecule has 1 unspecified atom stereocenters. The fourth-order valence-corrected chi connectivity index (χ4v) is 1.37. The molecule has 0 radical (unpaired) electrons. The number of carboxylic acids is 1. The minimum absolute atomic E-state index is 0.353. The molecule has 0 aromatic rings. The Morgan fingerprint density at radius 1 is 1.46 bits per heavy atom. The van der Waals surface area contributed by atoms with E-state index in [0.29, 0.717) is 12.5 Å². The number of hydrogen-bond acceptors (Lipinski definition) is 2. The zero-order valence-corrected chi connectivity index (χ0v) is 9.29. The van der Waals surface area contributed by atoms with Crippen LogP contribution >= 0.6 is 0 Å². The third-order valence-electron chi connectivity index (χ3n) is 2.53. The Hall–Kier alpha value is -0.570. The predicted octanol–water partition coefficient (Wildman–Crippen LogP) is 1.83. The van der Waals surface area contributed by atoms with E-state index >= 15 is 0 Å². The van der Waals surface area contributed by atoms with Gasteiger partial charge in [0.2, 0.25) is 0 Å². The molecule has 13 heavy (non-hydrogen) atoms. The molecule has 0 aliphatic rings. The Morgan fingerprint density at radius 3 is 2.15 bits per heavy atom. The van der Waals surface area contributed by atoms with E-state index in [2.05, 4.69) is 11.8 Å². The molecule has 1 atom stereocenters. The van der Waals surface area contributed by atoms with Crippen molar-refractivity contribution in [2.75, 3.05) is 14.1 Å². The number of carbonyl (C=O) groups is 1. The second kappa shape index (κ2) is 4.61. The van der Waals surface area contributed by atoms with Gasteiger partial charge < -0.3 is 10.0 Å². The van der Waals surface area contributed by atoms with Gasteiger partial charge in [0.15, 0.2) is 0 Å². The average molecular weight is 187 g/mol. The van der Waals surface area contributed by atoms with Crippen molar-refractivity contribution in [1.29, 1.82) is 0 Å². The SMILES string of the molecule is CCC(CC(C)(C)C(=O)O)N(C)C. The Balaban J connectivity index is 4.30. The van der Waals surface area contributed by atoms with Crippen LogP contribution in [0.4, 0.5) is 0 Å². The maximum absolute atomic E-state index is 10.9. The first kappa shape index (κ1) is 12.4. The molecule has 78 valence electrons. The van der Waals surface area contributed by atoms with Crippen LogP contribution in [-0.2, 0) is 4.79 Å². The van der Waals surface area contributed by atoms with Gasteiger partial charge in [0.1, 0.15) is 0 Å². The lowest BCUT2D eigenvalue weighted by atomic mass is 9.85. The van der Waals surface area contributed by atoms with Gasteiger partial charge in [-0.05, 0) is 40.8 Å². The third kappa shape index (κ3) is 3.77. The highest BCUT2D eigenvalue weighted by Gasteiger charge is 2.30. The fraction of sp³-hybridized carbons (Fsp3) is 0.900. The first-order chi connectivity index (χ1) is 5.81. The minimum Gasteiger partial charge on any atom is -0.481 e. The number of aliphatic carboxylic acids is 1. The number of carboxylic acid groups (broad SMARTS) is 1. The van der Waals surface area contributed by atoms with Gasteiger partial charge in [-0.25, -0.2) is 0 Å². The van der Waals surface area contributed by atoms with E-state index in [1.165, 1.54) is 0 Å². The van der Waals surface area contributed by atoms with E-state index in [1.54, 1.807) is 13.8 Å². The van der Waals surface area contributed by atoms with Crippen LogP contribution in [0.1, 0.15) is 33.6 Å². The summed E-state index contributed by atoms with van der Waals surface area (Å²) in [5.41, 5.74) is -0.620. The lowest BCUT2D eigenvalue weighted by Gasteiger charge is -2.29. The smallest absolute Gasteiger partial charge is 0.309 e. The van der Waals surface area contributed by atoms with Crippen LogP contribution in [0.3, 0.4) is 0 Å². The van der Waals surface area contributed by atoms with Gasteiger partial charge in [0.25, 0.3) is 0 Å². The van der Waals surface area contributed by atoms with Gasteiger partial charge in [-0.1, -0.05) is 6.92 Å². The van der Waals surface area contributed by atoms with Crippen LogP contribution in [0, 0.1) is 5.41 Å². The van der Waals surface area contributed by atoms with E-state index in [-0.39, 0.29) is 0 Å². The molecule has 0 aliphatic heterocycles. The van der Waals surface area contributed by atoms with E-state index in [0.717, 1.165) is 6.42 Å². The average Bonchev–Trinajstić information content (AvgIpc) is 1.99. The van der Waals surface area contributed by atoms with Gasteiger partial charge in [-0.2, -0.15) is 0 Å². The highest BCUT2D eigenvalue weighted by atomic mass is 16.4. The monoisotopic (exact) mass is 187 g/mol. The van der Waals surface area contributed by atoms with Crippen molar-refractivity contribution in [2.24, 2.45) is 5.41 Å². The summed E-state index contributed by atoms with van der Waals surface area (Å²) < 4.78 is 0. The lowest BCUT2D eigenvalue weighted by Crippen LogP contribution is -2.36. The number of nitrogens with zero attached hydrogens (tertiary/aromatic N) is 1. The lowest BCUT2D eigenvalue weighted by molar-refractivity contribution is -0.148. The minimum atomic E-state index is -0.715.